The SMILES string of the molecule is CC(C)c1ccccc1OCC(=O)N(Cc1ccc(Cl)cc1)C(Cc1ccccc1)C(=O)NC1CCCC1. The summed E-state index contributed by atoms with van der Waals surface area (Å²) >= 11 is 6.12. The van der Waals surface area contributed by atoms with E-state index in [-0.39, 0.29) is 36.9 Å². The van der Waals surface area contributed by atoms with Gasteiger partial charge in [-0.15, -0.1) is 0 Å². The molecule has 0 saturated heterocycles. The zero-order chi connectivity index (χ0) is 26.9. The maximum Gasteiger partial charge on any atom is 0.261 e. The molecule has 0 aliphatic heterocycles. The lowest BCUT2D eigenvalue weighted by Gasteiger charge is -2.32. The molecule has 6 heteroatoms. The Bertz CT molecular complexity index is 1190. The Balaban J connectivity index is 1.62. The largest absolute Gasteiger partial charge is 0.483 e. The van der Waals surface area contributed by atoms with Crippen LogP contribution in [0.15, 0.2) is 78.9 Å². The highest BCUT2D eigenvalue weighted by molar-refractivity contribution is 6.30. The number of para-hydroxylation sites is 1. The fourth-order valence-electron chi connectivity index (χ4n) is 5.02. The Morgan fingerprint density at radius 3 is 2.26 bits per heavy atom. The van der Waals surface area contributed by atoms with Gasteiger partial charge in [0.25, 0.3) is 5.91 Å². The highest BCUT2D eigenvalue weighted by Gasteiger charge is 2.32. The van der Waals surface area contributed by atoms with Crippen molar-refractivity contribution in [3.8, 4) is 5.75 Å². The highest BCUT2D eigenvalue weighted by Crippen LogP contribution is 2.26. The topological polar surface area (TPSA) is 58.6 Å². The van der Waals surface area contributed by atoms with Gasteiger partial charge in [0.05, 0.1) is 0 Å². The minimum absolute atomic E-state index is 0.120. The van der Waals surface area contributed by atoms with Gasteiger partial charge in [-0.3, -0.25) is 9.59 Å². The fourth-order valence-corrected chi connectivity index (χ4v) is 5.15. The molecule has 0 aromatic heterocycles. The molecule has 1 N–H and O–H groups in total. The third-order valence-corrected chi connectivity index (χ3v) is 7.38. The summed E-state index contributed by atoms with van der Waals surface area (Å²) in [5.74, 6) is 0.596. The maximum atomic E-state index is 13.8. The van der Waals surface area contributed by atoms with Crippen LogP contribution in [0.3, 0.4) is 0 Å². The lowest BCUT2D eigenvalue weighted by molar-refractivity contribution is -0.143. The molecule has 200 valence electrons. The van der Waals surface area contributed by atoms with Crippen molar-refractivity contribution in [3.05, 3.63) is 101 Å². The summed E-state index contributed by atoms with van der Waals surface area (Å²) < 4.78 is 6.07. The summed E-state index contributed by atoms with van der Waals surface area (Å²) in [6, 6.07) is 24.5. The third-order valence-electron chi connectivity index (χ3n) is 7.13. The van der Waals surface area contributed by atoms with E-state index in [0.29, 0.717) is 17.2 Å². The van der Waals surface area contributed by atoms with Crippen molar-refractivity contribution < 1.29 is 14.3 Å². The van der Waals surface area contributed by atoms with E-state index in [9.17, 15) is 9.59 Å². The van der Waals surface area contributed by atoms with Crippen LogP contribution in [0.25, 0.3) is 0 Å². The molecule has 1 aliphatic rings. The lowest BCUT2D eigenvalue weighted by Crippen LogP contribution is -2.53. The molecule has 1 saturated carbocycles. The van der Waals surface area contributed by atoms with E-state index < -0.39 is 6.04 Å². The number of nitrogens with zero attached hydrogens (tertiary/aromatic N) is 1. The second-order valence-electron chi connectivity index (χ2n) is 10.3. The molecule has 38 heavy (non-hydrogen) atoms. The van der Waals surface area contributed by atoms with Gasteiger partial charge in [-0.2, -0.15) is 0 Å². The van der Waals surface area contributed by atoms with Gasteiger partial charge in [0.2, 0.25) is 5.91 Å². The van der Waals surface area contributed by atoms with E-state index in [0.717, 1.165) is 42.4 Å². The molecule has 1 aliphatic carbocycles. The molecular formula is C32H37ClN2O3. The molecule has 5 nitrogen and oxygen atoms in total. The molecule has 0 heterocycles. The second-order valence-corrected chi connectivity index (χ2v) is 10.8. The number of hydrogen-bond acceptors (Lipinski definition) is 3. The number of hydrogen-bond donors (Lipinski definition) is 1. The van der Waals surface area contributed by atoms with Crippen molar-refractivity contribution in [1.82, 2.24) is 10.2 Å². The van der Waals surface area contributed by atoms with E-state index in [2.05, 4.69) is 19.2 Å². The molecule has 1 fully saturated rings. The number of rotatable bonds is 11. The molecule has 1 unspecified atom stereocenters. The van der Waals surface area contributed by atoms with Gasteiger partial charge < -0.3 is 15.0 Å². The van der Waals surface area contributed by atoms with Gasteiger partial charge in [0.15, 0.2) is 6.61 Å². The van der Waals surface area contributed by atoms with Crippen molar-refractivity contribution in [2.75, 3.05) is 6.61 Å². The normalized spacial score (nSPS) is 14.3. The molecule has 2 amide bonds. The van der Waals surface area contributed by atoms with Gasteiger partial charge in [-0.1, -0.05) is 99.0 Å². The van der Waals surface area contributed by atoms with E-state index in [4.69, 9.17) is 16.3 Å². The van der Waals surface area contributed by atoms with Crippen LogP contribution in [-0.2, 0) is 22.6 Å². The summed E-state index contributed by atoms with van der Waals surface area (Å²) in [6.07, 6.45) is 4.60. The first-order valence-electron chi connectivity index (χ1n) is 13.5. The van der Waals surface area contributed by atoms with Crippen molar-refractivity contribution >= 4 is 23.4 Å². The monoisotopic (exact) mass is 532 g/mol. The third kappa shape index (κ3) is 7.61. The molecular weight excluding hydrogens is 496 g/mol. The first-order valence-corrected chi connectivity index (χ1v) is 13.9. The fraction of sp³-hybridized carbons (Fsp3) is 0.375. The van der Waals surface area contributed by atoms with Crippen LogP contribution in [0.5, 0.6) is 5.75 Å². The van der Waals surface area contributed by atoms with Crippen molar-refractivity contribution in [1.29, 1.82) is 0 Å². The van der Waals surface area contributed by atoms with Gasteiger partial charge in [0.1, 0.15) is 11.8 Å². The Labute approximate surface area is 231 Å². The molecule has 3 aromatic rings. The minimum Gasteiger partial charge on any atom is -0.483 e. The second kappa shape index (κ2) is 13.5. The van der Waals surface area contributed by atoms with Crippen LogP contribution in [0.2, 0.25) is 5.02 Å². The summed E-state index contributed by atoms with van der Waals surface area (Å²) in [5, 5.41) is 3.86. The Kier molecular flexibility index (Phi) is 9.83. The quantitative estimate of drug-likeness (QED) is 0.305. The van der Waals surface area contributed by atoms with Crippen molar-refractivity contribution in [3.63, 3.8) is 0 Å². The molecule has 0 spiro atoms. The summed E-state index contributed by atoms with van der Waals surface area (Å²) in [6.45, 7) is 4.32. The number of halogens is 1. The number of benzene rings is 3. The predicted octanol–water partition coefficient (Wildman–Crippen LogP) is 6.54. The number of carbonyl (C=O) groups excluding carboxylic acids is 2. The standard InChI is InChI=1S/C32H37ClN2O3/c1-23(2)28-14-8-9-15-30(28)38-22-31(36)35(21-25-16-18-26(33)19-17-25)29(20-24-10-4-3-5-11-24)32(37)34-27-12-6-7-13-27/h3-5,8-11,14-19,23,27,29H,6-7,12-13,20-22H2,1-2H3,(H,34,37). The van der Waals surface area contributed by atoms with Gasteiger partial charge in [-0.05, 0) is 53.6 Å². The zero-order valence-electron chi connectivity index (χ0n) is 22.2. The Morgan fingerprint density at radius 1 is 0.921 bits per heavy atom. The van der Waals surface area contributed by atoms with E-state index in [1.54, 1.807) is 17.0 Å². The Morgan fingerprint density at radius 2 is 1.58 bits per heavy atom. The first kappa shape index (κ1) is 27.7. The number of amides is 2. The lowest BCUT2D eigenvalue weighted by atomic mass is 10.0. The number of nitrogens with one attached hydrogen (secondary N) is 1. The average Bonchev–Trinajstić information content (AvgIpc) is 3.44. The molecule has 1 atom stereocenters. The van der Waals surface area contributed by atoms with Crippen LogP contribution < -0.4 is 10.1 Å². The predicted molar refractivity (Wildman–Crippen MR) is 152 cm³/mol. The number of carbonyl (C=O) groups is 2. The van der Waals surface area contributed by atoms with Gasteiger partial charge in [-0.25, -0.2) is 0 Å². The highest BCUT2D eigenvalue weighted by atomic mass is 35.5. The first-order chi connectivity index (χ1) is 18.4. The van der Waals surface area contributed by atoms with E-state index >= 15 is 0 Å². The summed E-state index contributed by atoms with van der Waals surface area (Å²) in [4.78, 5) is 29.2. The average molecular weight is 533 g/mol. The number of ether oxygens (including phenoxy) is 1. The van der Waals surface area contributed by atoms with Crippen molar-refractivity contribution in [2.24, 2.45) is 0 Å². The van der Waals surface area contributed by atoms with Gasteiger partial charge in [0, 0.05) is 24.0 Å². The van der Waals surface area contributed by atoms with Crippen LogP contribution in [0.1, 0.15) is 62.1 Å². The smallest absolute Gasteiger partial charge is 0.261 e. The van der Waals surface area contributed by atoms with Crippen LogP contribution in [0, 0.1) is 0 Å². The minimum atomic E-state index is -0.676. The molecule has 3 aromatic carbocycles. The molecule has 4 rings (SSSR count). The van der Waals surface area contributed by atoms with Gasteiger partial charge >= 0.3 is 0 Å². The maximum absolute atomic E-state index is 13.8. The summed E-state index contributed by atoms with van der Waals surface area (Å²) in [7, 11) is 0. The van der Waals surface area contributed by atoms with Crippen LogP contribution in [-0.4, -0.2) is 35.4 Å². The zero-order valence-corrected chi connectivity index (χ0v) is 23.0. The van der Waals surface area contributed by atoms with Crippen LogP contribution in [0.4, 0.5) is 0 Å². The van der Waals surface area contributed by atoms with Crippen LogP contribution >= 0.6 is 11.6 Å². The molecule has 0 radical (unpaired) electrons. The molecule has 0 bridgehead atoms. The van der Waals surface area contributed by atoms with E-state index in [1.807, 2.05) is 66.7 Å². The Hall–Kier alpha value is -3.31. The summed E-state index contributed by atoms with van der Waals surface area (Å²) in [5.41, 5.74) is 2.94. The van der Waals surface area contributed by atoms with E-state index in [1.165, 1.54) is 0 Å². The van der Waals surface area contributed by atoms with Crippen molar-refractivity contribution in [2.45, 2.75) is 70.5 Å².